The summed E-state index contributed by atoms with van der Waals surface area (Å²) in [6.45, 7) is 5.15. The summed E-state index contributed by atoms with van der Waals surface area (Å²) in [6, 6.07) is -0.0148. The number of nitrogens with one attached hydrogen (secondary N) is 2. The Bertz CT molecular complexity index is 187. The second-order valence-corrected chi connectivity index (χ2v) is 4.51. The van der Waals surface area contributed by atoms with E-state index in [1.165, 1.54) is 0 Å². The Kier molecular flexibility index (Phi) is 8.23. The molecule has 0 radical (unpaired) electrons. The van der Waals surface area contributed by atoms with E-state index in [-0.39, 0.29) is 30.5 Å². The lowest BCUT2D eigenvalue weighted by Crippen LogP contribution is -2.43. The third kappa shape index (κ3) is 6.25. The van der Waals surface area contributed by atoms with Crippen LogP contribution in [-0.4, -0.2) is 42.8 Å². The van der Waals surface area contributed by atoms with Gasteiger partial charge in [0.1, 0.15) is 0 Å². The molecule has 1 aliphatic heterocycles. The number of hydrogen-bond donors (Lipinski definition) is 2. The number of ether oxygens (including phenoxy) is 1. The van der Waals surface area contributed by atoms with E-state index in [2.05, 4.69) is 10.6 Å². The standard InChI is InChI=1S/C9H18N2O2S.ClH/c1-7(2)13-4-3-10-9(12)8-5-14-6-11-8;/h7-8,11H,3-6H2,1-2H3,(H,10,12);1H. The summed E-state index contributed by atoms with van der Waals surface area (Å²) in [5.41, 5.74) is 0. The van der Waals surface area contributed by atoms with E-state index in [9.17, 15) is 4.79 Å². The number of halogens is 1. The van der Waals surface area contributed by atoms with Crippen LogP contribution in [0.4, 0.5) is 0 Å². The van der Waals surface area contributed by atoms with E-state index < -0.39 is 0 Å². The molecule has 0 aromatic carbocycles. The highest BCUT2D eigenvalue weighted by Gasteiger charge is 2.21. The second kappa shape index (κ2) is 8.21. The summed E-state index contributed by atoms with van der Waals surface area (Å²) in [5, 5.41) is 5.96. The third-order valence-corrected chi connectivity index (χ3v) is 2.83. The van der Waals surface area contributed by atoms with Crippen LogP contribution in [0.15, 0.2) is 0 Å². The molecule has 1 saturated heterocycles. The van der Waals surface area contributed by atoms with Crippen LogP contribution in [0.25, 0.3) is 0 Å². The fraction of sp³-hybridized carbons (Fsp3) is 0.889. The number of hydrogen-bond acceptors (Lipinski definition) is 4. The van der Waals surface area contributed by atoms with Crippen molar-refractivity contribution < 1.29 is 9.53 Å². The topological polar surface area (TPSA) is 50.4 Å². The highest BCUT2D eigenvalue weighted by molar-refractivity contribution is 7.99. The summed E-state index contributed by atoms with van der Waals surface area (Å²) in [7, 11) is 0. The van der Waals surface area contributed by atoms with Gasteiger partial charge in [0, 0.05) is 18.2 Å². The van der Waals surface area contributed by atoms with Gasteiger partial charge in [0.2, 0.25) is 5.91 Å². The van der Waals surface area contributed by atoms with Crippen LogP contribution < -0.4 is 10.6 Å². The van der Waals surface area contributed by atoms with Crippen molar-refractivity contribution in [2.45, 2.75) is 26.0 Å². The molecule has 1 aliphatic rings. The van der Waals surface area contributed by atoms with Crippen LogP contribution >= 0.6 is 24.2 Å². The van der Waals surface area contributed by atoms with Gasteiger partial charge in [0.15, 0.2) is 0 Å². The quantitative estimate of drug-likeness (QED) is 0.706. The maximum absolute atomic E-state index is 11.4. The molecule has 0 aliphatic carbocycles. The zero-order valence-electron chi connectivity index (χ0n) is 9.12. The van der Waals surface area contributed by atoms with Gasteiger partial charge in [-0.15, -0.1) is 24.2 Å². The molecular formula is C9H19ClN2O2S. The molecule has 0 spiro atoms. The molecule has 0 aromatic rings. The van der Waals surface area contributed by atoms with E-state index >= 15 is 0 Å². The van der Waals surface area contributed by atoms with Gasteiger partial charge in [-0.1, -0.05) is 0 Å². The highest BCUT2D eigenvalue weighted by atomic mass is 35.5. The summed E-state index contributed by atoms with van der Waals surface area (Å²) >= 11 is 1.75. The normalized spacial score (nSPS) is 20.1. The highest BCUT2D eigenvalue weighted by Crippen LogP contribution is 2.08. The second-order valence-electron chi connectivity index (χ2n) is 3.48. The van der Waals surface area contributed by atoms with Gasteiger partial charge in [-0.3, -0.25) is 10.1 Å². The Hall–Kier alpha value is 0.0300. The van der Waals surface area contributed by atoms with Crippen molar-refractivity contribution in [3.05, 3.63) is 0 Å². The van der Waals surface area contributed by atoms with Crippen molar-refractivity contribution >= 4 is 30.1 Å². The van der Waals surface area contributed by atoms with Crippen LogP contribution in [-0.2, 0) is 9.53 Å². The van der Waals surface area contributed by atoms with E-state index in [1.807, 2.05) is 13.8 Å². The van der Waals surface area contributed by atoms with Crippen molar-refractivity contribution in [3.8, 4) is 0 Å². The molecule has 0 saturated carbocycles. The molecule has 0 bridgehead atoms. The Morgan fingerprint density at radius 2 is 2.40 bits per heavy atom. The van der Waals surface area contributed by atoms with E-state index in [0.717, 1.165) is 11.6 Å². The molecule has 15 heavy (non-hydrogen) atoms. The molecule has 6 heteroatoms. The third-order valence-electron chi connectivity index (χ3n) is 1.89. The minimum absolute atomic E-state index is 0. The van der Waals surface area contributed by atoms with Gasteiger partial charge in [-0.05, 0) is 13.8 Å². The lowest BCUT2D eigenvalue weighted by Gasteiger charge is -2.11. The monoisotopic (exact) mass is 254 g/mol. The van der Waals surface area contributed by atoms with Gasteiger partial charge in [0.05, 0.1) is 18.8 Å². The number of thioether (sulfide) groups is 1. The maximum atomic E-state index is 11.4. The summed E-state index contributed by atoms with van der Waals surface area (Å²) < 4.78 is 5.31. The summed E-state index contributed by atoms with van der Waals surface area (Å²) in [4.78, 5) is 11.4. The fourth-order valence-corrected chi connectivity index (χ4v) is 2.10. The minimum atomic E-state index is -0.0148. The van der Waals surface area contributed by atoms with Crippen LogP contribution in [0.2, 0.25) is 0 Å². The fourth-order valence-electron chi connectivity index (χ4n) is 1.16. The smallest absolute Gasteiger partial charge is 0.238 e. The number of carbonyl (C=O) groups excluding carboxylic acids is 1. The first kappa shape index (κ1) is 15.0. The van der Waals surface area contributed by atoms with Gasteiger partial charge < -0.3 is 10.1 Å². The predicted octanol–water partition coefficient (Wildman–Crippen LogP) is 0.612. The van der Waals surface area contributed by atoms with Crippen molar-refractivity contribution in [1.82, 2.24) is 10.6 Å². The molecule has 2 N–H and O–H groups in total. The van der Waals surface area contributed by atoms with Crippen LogP contribution in [0.5, 0.6) is 0 Å². The molecular weight excluding hydrogens is 236 g/mol. The van der Waals surface area contributed by atoms with Crippen LogP contribution in [0.3, 0.4) is 0 Å². The Morgan fingerprint density at radius 3 is 2.93 bits per heavy atom. The van der Waals surface area contributed by atoms with E-state index in [0.29, 0.717) is 13.2 Å². The van der Waals surface area contributed by atoms with Crippen molar-refractivity contribution in [3.63, 3.8) is 0 Å². The minimum Gasteiger partial charge on any atom is -0.377 e. The zero-order valence-corrected chi connectivity index (χ0v) is 10.7. The maximum Gasteiger partial charge on any atom is 0.238 e. The SMILES string of the molecule is CC(C)OCCNC(=O)C1CSCN1.Cl. The van der Waals surface area contributed by atoms with Crippen LogP contribution in [0, 0.1) is 0 Å². The average molecular weight is 255 g/mol. The van der Waals surface area contributed by atoms with Gasteiger partial charge >= 0.3 is 0 Å². The zero-order chi connectivity index (χ0) is 10.4. The number of rotatable bonds is 5. The Labute approximate surface area is 101 Å². The molecule has 90 valence electrons. The van der Waals surface area contributed by atoms with Crippen LogP contribution in [0.1, 0.15) is 13.8 Å². The van der Waals surface area contributed by atoms with Crippen molar-refractivity contribution in [2.75, 3.05) is 24.8 Å². The summed E-state index contributed by atoms with van der Waals surface area (Å²) in [5.74, 6) is 1.83. The first-order valence-corrected chi connectivity index (χ1v) is 6.06. The number of amides is 1. The largest absolute Gasteiger partial charge is 0.377 e. The van der Waals surface area contributed by atoms with Gasteiger partial charge in [-0.2, -0.15) is 0 Å². The lowest BCUT2D eigenvalue weighted by atomic mass is 10.3. The molecule has 0 aromatic heterocycles. The molecule has 1 rings (SSSR count). The Balaban J connectivity index is 0.00000196. The van der Waals surface area contributed by atoms with Gasteiger partial charge in [-0.25, -0.2) is 0 Å². The Morgan fingerprint density at radius 1 is 1.67 bits per heavy atom. The van der Waals surface area contributed by atoms with Crippen molar-refractivity contribution in [1.29, 1.82) is 0 Å². The molecule has 1 atom stereocenters. The first-order chi connectivity index (χ1) is 6.70. The first-order valence-electron chi connectivity index (χ1n) is 4.90. The van der Waals surface area contributed by atoms with Gasteiger partial charge in [0.25, 0.3) is 0 Å². The molecule has 1 fully saturated rings. The molecule has 1 heterocycles. The number of carbonyl (C=O) groups is 1. The van der Waals surface area contributed by atoms with Crippen molar-refractivity contribution in [2.24, 2.45) is 0 Å². The molecule has 1 amide bonds. The molecule has 4 nitrogen and oxygen atoms in total. The summed E-state index contributed by atoms with van der Waals surface area (Å²) in [6.07, 6.45) is 0.229. The average Bonchev–Trinajstić information content (AvgIpc) is 2.64. The van der Waals surface area contributed by atoms with E-state index in [4.69, 9.17) is 4.74 Å². The lowest BCUT2D eigenvalue weighted by molar-refractivity contribution is -0.122. The molecule has 1 unspecified atom stereocenters. The van der Waals surface area contributed by atoms with E-state index in [1.54, 1.807) is 11.8 Å². The predicted molar refractivity (Wildman–Crippen MR) is 65.6 cm³/mol.